The number of hydrogen-bond donors (Lipinski definition) is 1. The van der Waals surface area contributed by atoms with Gasteiger partial charge in [-0.2, -0.15) is 0 Å². The van der Waals surface area contributed by atoms with Gasteiger partial charge in [0, 0.05) is 12.5 Å². The van der Waals surface area contributed by atoms with Crippen molar-refractivity contribution in [2.75, 3.05) is 6.54 Å². The second kappa shape index (κ2) is 6.03. The maximum Gasteiger partial charge on any atom is 0.326 e. The van der Waals surface area contributed by atoms with Crippen molar-refractivity contribution in [1.29, 1.82) is 0 Å². The lowest BCUT2D eigenvalue weighted by Crippen LogP contribution is -2.51. The molecule has 1 amide bonds. The second-order valence-corrected chi connectivity index (χ2v) is 5.03. The van der Waals surface area contributed by atoms with Crippen LogP contribution in [0.2, 0.25) is 0 Å². The highest BCUT2D eigenvalue weighted by Gasteiger charge is 2.36. The van der Waals surface area contributed by atoms with Gasteiger partial charge in [0.2, 0.25) is 5.91 Å². The van der Waals surface area contributed by atoms with Gasteiger partial charge in [-0.05, 0) is 31.6 Å². The molecular formula is C13H23NO3. The Labute approximate surface area is 103 Å². The monoisotopic (exact) mass is 241 g/mol. The molecule has 0 aromatic rings. The highest BCUT2D eigenvalue weighted by atomic mass is 16.4. The molecule has 0 saturated carbocycles. The van der Waals surface area contributed by atoms with Crippen molar-refractivity contribution in [3.05, 3.63) is 0 Å². The van der Waals surface area contributed by atoms with Gasteiger partial charge in [-0.15, -0.1) is 0 Å². The largest absolute Gasteiger partial charge is 0.480 e. The molecular weight excluding hydrogens is 218 g/mol. The average Bonchev–Trinajstić information content (AvgIpc) is 2.30. The predicted octanol–water partition coefficient (Wildman–Crippen LogP) is 2.13. The fraction of sp³-hybridized carbons (Fsp3) is 0.846. The SMILES string of the molecule is CCC(CC)C(=O)N1CCC(C)CC1C(=O)O. The third-order valence-electron chi connectivity index (χ3n) is 3.77. The van der Waals surface area contributed by atoms with E-state index in [4.69, 9.17) is 0 Å². The van der Waals surface area contributed by atoms with Crippen molar-refractivity contribution in [1.82, 2.24) is 4.90 Å². The number of amides is 1. The molecule has 4 heteroatoms. The van der Waals surface area contributed by atoms with Crippen LogP contribution in [0.4, 0.5) is 0 Å². The number of carbonyl (C=O) groups excluding carboxylic acids is 1. The number of likely N-dealkylation sites (tertiary alicyclic amines) is 1. The summed E-state index contributed by atoms with van der Waals surface area (Å²) in [6.07, 6.45) is 3.07. The quantitative estimate of drug-likeness (QED) is 0.820. The zero-order valence-corrected chi connectivity index (χ0v) is 11.0. The van der Waals surface area contributed by atoms with E-state index in [0.29, 0.717) is 18.9 Å². The first-order valence-corrected chi connectivity index (χ1v) is 6.54. The number of piperidine rings is 1. The second-order valence-electron chi connectivity index (χ2n) is 5.03. The third-order valence-corrected chi connectivity index (χ3v) is 3.77. The standard InChI is InChI=1S/C13H23NO3/c1-4-10(5-2)12(15)14-7-6-9(3)8-11(14)13(16)17/h9-11H,4-8H2,1-3H3,(H,16,17). The van der Waals surface area contributed by atoms with Crippen molar-refractivity contribution in [2.24, 2.45) is 11.8 Å². The molecule has 2 atom stereocenters. The molecule has 1 heterocycles. The van der Waals surface area contributed by atoms with Crippen LogP contribution in [-0.4, -0.2) is 34.5 Å². The van der Waals surface area contributed by atoms with Crippen LogP contribution in [0.5, 0.6) is 0 Å². The maximum atomic E-state index is 12.2. The summed E-state index contributed by atoms with van der Waals surface area (Å²) in [6, 6.07) is -0.619. The lowest BCUT2D eigenvalue weighted by molar-refractivity contribution is -0.155. The van der Waals surface area contributed by atoms with Gasteiger partial charge in [-0.3, -0.25) is 4.79 Å². The first kappa shape index (κ1) is 14.0. The van der Waals surface area contributed by atoms with E-state index in [-0.39, 0.29) is 11.8 Å². The highest BCUT2D eigenvalue weighted by Crippen LogP contribution is 2.25. The molecule has 1 saturated heterocycles. The zero-order chi connectivity index (χ0) is 13.0. The Bertz CT molecular complexity index is 286. The van der Waals surface area contributed by atoms with Crippen LogP contribution in [0.1, 0.15) is 46.5 Å². The zero-order valence-electron chi connectivity index (χ0n) is 11.0. The van der Waals surface area contributed by atoms with E-state index in [1.165, 1.54) is 0 Å². The van der Waals surface area contributed by atoms with Crippen molar-refractivity contribution in [3.63, 3.8) is 0 Å². The van der Waals surface area contributed by atoms with Crippen LogP contribution in [0.25, 0.3) is 0 Å². The van der Waals surface area contributed by atoms with Gasteiger partial charge in [-0.25, -0.2) is 4.79 Å². The third kappa shape index (κ3) is 3.20. The Morgan fingerprint density at radius 3 is 2.41 bits per heavy atom. The summed E-state index contributed by atoms with van der Waals surface area (Å²) in [4.78, 5) is 25.0. The van der Waals surface area contributed by atoms with Crippen LogP contribution in [0.15, 0.2) is 0 Å². The number of carbonyl (C=O) groups is 2. The number of aliphatic carboxylic acids is 1. The maximum absolute atomic E-state index is 12.2. The molecule has 0 aromatic carbocycles. The molecule has 1 fully saturated rings. The van der Waals surface area contributed by atoms with Crippen LogP contribution in [0, 0.1) is 11.8 Å². The molecule has 1 aliphatic rings. The molecule has 0 spiro atoms. The Morgan fingerprint density at radius 2 is 1.94 bits per heavy atom. The van der Waals surface area contributed by atoms with Gasteiger partial charge in [0.25, 0.3) is 0 Å². The summed E-state index contributed by atoms with van der Waals surface area (Å²) in [6.45, 7) is 6.60. The van der Waals surface area contributed by atoms with Gasteiger partial charge < -0.3 is 10.0 Å². The summed E-state index contributed by atoms with van der Waals surface area (Å²) >= 11 is 0. The number of rotatable bonds is 4. The summed E-state index contributed by atoms with van der Waals surface area (Å²) in [5.41, 5.74) is 0. The molecule has 0 radical (unpaired) electrons. The van der Waals surface area contributed by atoms with Gasteiger partial charge in [0.1, 0.15) is 6.04 Å². The number of hydrogen-bond acceptors (Lipinski definition) is 2. The van der Waals surface area contributed by atoms with Crippen molar-refractivity contribution in [2.45, 2.75) is 52.5 Å². The Kier molecular flexibility index (Phi) is 4.97. The van der Waals surface area contributed by atoms with Gasteiger partial charge in [0.05, 0.1) is 0 Å². The summed E-state index contributed by atoms with van der Waals surface area (Å²) in [7, 11) is 0. The average molecular weight is 241 g/mol. The van der Waals surface area contributed by atoms with E-state index in [1.807, 2.05) is 13.8 Å². The van der Waals surface area contributed by atoms with Gasteiger partial charge in [-0.1, -0.05) is 20.8 Å². The number of carboxylic acids is 1. The van der Waals surface area contributed by atoms with Gasteiger partial charge >= 0.3 is 5.97 Å². The van der Waals surface area contributed by atoms with E-state index in [2.05, 4.69) is 6.92 Å². The highest BCUT2D eigenvalue weighted by molar-refractivity contribution is 5.85. The molecule has 0 aromatic heterocycles. The first-order chi connectivity index (χ1) is 8.01. The van der Waals surface area contributed by atoms with Crippen LogP contribution in [-0.2, 0) is 9.59 Å². The van der Waals surface area contributed by atoms with E-state index in [0.717, 1.165) is 19.3 Å². The number of carboxylic acid groups (broad SMARTS) is 1. The normalized spacial score (nSPS) is 25.1. The molecule has 1 rings (SSSR count). The van der Waals surface area contributed by atoms with Crippen molar-refractivity contribution in [3.8, 4) is 0 Å². The molecule has 0 aliphatic carbocycles. The Balaban J connectivity index is 2.79. The topological polar surface area (TPSA) is 57.6 Å². The van der Waals surface area contributed by atoms with Crippen LogP contribution < -0.4 is 0 Å². The van der Waals surface area contributed by atoms with Gasteiger partial charge in [0.15, 0.2) is 0 Å². The smallest absolute Gasteiger partial charge is 0.326 e. The fourth-order valence-electron chi connectivity index (χ4n) is 2.51. The summed E-state index contributed by atoms with van der Waals surface area (Å²) < 4.78 is 0. The molecule has 1 N–H and O–H groups in total. The molecule has 2 unspecified atom stereocenters. The minimum Gasteiger partial charge on any atom is -0.480 e. The molecule has 0 bridgehead atoms. The Morgan fingerprint density at radius 1 is 1.35 bits per heavy atom. The molecule has 17 heavy (non-hydrogen) atoms. The first-order valence-electron chi connectivity index (χ1n) is 6.54. The van der Waals surface area contributed by atoms with E-state index < -0.39 is 12.0 Å². The lowest BCUT2D eigenvalue weighted by atomic mass is 9.90. The summed E-state index contributed by atoms with van der Waals surface area (Å²) in [5.74, 6) is -0.475. The van der Waals surface area contributed by atoms with E-state index >= 15 is 0 Å². The van der Waals surface area contributed by atoms with Crippen LogP contribution >= 0.6 is 0 Å². The van der Waals surface area contributed by atoms with Crippen LogP contribution in [0.3, 0.4) is 0 Å². The minimum atomic E-state index is -0.865. The fourth-order valence-corrected chi connectivity index (χ4v) is 2.51. The number of nitrogens with zero attached hydrogens (tertiary/aromatic N) is 1. The van der Waals surface area contributed by atoms with E-state index in [1.54, 1.807) is 4.90 Å². The molecule has 4 nitrogen and oxygen atoms in total. The minimum absolute atomic E-state index is 0.0225. The Hall–Kier alpha value is -1.06. The summed E-state index contributed by atoms with van der Waals surface area (Å²) in [5, 5.41) is 9.21. The molecule has 1 aliphatic heterocycles. The van der Waals surface area contributed by atoms with Crippen molar-refractivity contribution < 1.29 is 14.7 Å². The van der Waals surface area contributed by atoms with Crippen molar-refractivity contribution >= 4 is 11.9 Å². The lowest BCUT2D eigenvalue weighted by Gasteiger charge is -2.37. The predicted molar refractivity (Wildman–Crippen MR) is 65.6 cm³/mol. The molecule has 98 valence electrons. The van der Waals surface area contributed by atoms with E-state index in [9.17, 15) is 14.7 Å².